The van der Waals surface area contributed by atoms with Crippen LogP contribution in [0.15, 0.2) is 0 Å². The van der Waals surface area contributed by atoms with Gasteiger partial charge in [-0.1, -0.05) is 0 Å². The summed E-state index contributed by atoms with van der Waals surface area (Å²) in [4.78, 5) is 29.6. The second kappa shape index (κ2) is 6.08. The summed E-state index contributed by atoms with van der Waals surface area (Å²) in [6.07, 6.45) is 7.29. The van der Waals surface area contributed by atoms with E-state index < -0.39 is 0 Å². The number of ether oxygens (including phenoxy) is 1. The van der Waals surface area contributed by atoms with E-state index in [-0.39, 0.29) is 17.2 Å². The molecule has 4 aliphatic rings. The predicted molar refractivity (Wildman–Crippen MR) is 85.7 cm³/mol. The molecule has 1 aliphatic carbocycles. The summed E-state index contributed by atoms with van der Waals surface area (Å²) in [7, 11) is 0. The number of nitrogens with zero attached hydrogens (tertiary/aromatic N) is 2. The first-order valence-corrected chi connectivity index (χ1v) is 9.34. The zero-order valence-electron chi connectivity index (χ0n) is 14.0. The maximum atomic E-state index is 13.0. The SMILES string of the molecule is O=C([C@@H]1CCOC1)N1CCC2(CCCN(CC3CC3)C2=O)CC1. The van der Waals surface area contributed by atoms with E-state index in [1.165, 1.54) is 12.8 Å². The van der Waals surface area contributed by atoms with Crippen molar-refractivity contribution in [2.45, 2.75) is 44.9 Å². The van der Waals surface area contributed by atoms with Crippen LogP contribution in [0.5, 0.6) is 0 Å². The van der Waals surface area contributed by atoms with E-state index in [9.17, 15) is 9.59 Å². The lowest BCUT2D eigenvalue weighted by Crippen LogP contribution is -2.55. The first-order chi connectivity index (χ1) is 11.2. The summed E-state index contributed by atoms with van der Waals surface area (Å²) in [5.74, 6) is 1.44. The van der Waals surface area contributed by atoms with Crippen molar-refractivity contribution in [2.24, 2.45) is 17.3 Å². The van der Waals surface area contributed by atoms with Gasteiger partial charge >= 0.3 is 0 Å². The highest BCUT2D eigenvalue weighted by Gasteiger charge is 2.47. The van der Waals surface area contributed by atoms with E-state index >= 15 is 0 Å². The van der Waals surface area contributed by atoms with E-state index in [1.54, 1.807) is 0 Å². The van der Waals surface area contributed by atoms with Gasteiger partial charge in [0.15, 0.2) is 0 Å². The second-order valence-electron chi connectivity index (χ2n) is 7.96. The molecule has 3 heterocycles. The molecule has 0 aromatic heterocycles. The molecule has 2 amide bonds. The van der Waals surface area contributed by atoms with Gasteiger partial charge in [0.05, 0.1) is 17.9 Å². The third-order valence-electron chi connectivity index (χ3n) is 6.31. The lowest BCUT2D eigenvalue weighted by Gasteiger charge is -2.46. The van der Waals surface area contributed by atoms with Crippen molar-refractivity contribution in [3.05, 3.63) is 0 Å². The van der Waals surface area contributed by atoms with Gasteiger partial charge < -0.3 is 14.5 Å². The van der Waals surface area contributed by atoms with Crippen LogP contribution in [-0.2, 0) is 14.3 Å². The number of likely N-dealkylation sites (tertiary alicyclic amines) is 2. The Kier molecular flexibility index (Phi) is 4.08. The molecule has 0 aromatic rings. The van der Waals surface area contributed by atoms with Crippen molar-refractivity contribution in [3.63, 3.8) is 0 Å². The van der Waals surface area contributed by atoms with Crippen LogP contribution in [0.3, 0.4) is 0 Å². The maximum Gasteiger partial charge on any atom is 0.228 e. The highest BCUT2D eigenvalue weighted by atomic mass is 16.5. The molecule has 5 heteroatoms. The molecule has 3 saturated heterocycles. The lowest BCUT2D eigenvalue weighted by atomic mass is 9.71. The molecule has 4 fully saturated rings. The van der Waals surface area contributed by atoms with Gasteiger partial charge in [0, 0.05) is 32.8 Å². The lowest BCUT2D eigenvalue weighted by molar-refractivity contribution is -0.153. The maximum absolute atomic E-state index is 13.0. The molecule has 0 radical (unpaired) electrons. The Morgan fingerprint density at radius 1 is 1.13 bits per heavy atom. The largest absolute Gasteiger partial charge is 0.381 e. The minimum Gasteiger partial charge on any atom is -0.381 e. The summed E-state index contributed by atoms with van der Waals surface area (Å²) in [5, 5.41) is 0. The Balaban J connectivity index is 1.37. The summed E-state index contributed by atoms with van der Waals surface area (Å²) in [6.45, 7) is 4.70. The van der Waals surface area contributed by atoms with Crippen LogP contribution in [0.1, 0.15) is 44.9 Å². The van der Waals surface area contributed by atoms with Crippen molar-refractivity contribution < 1.29 is 14.3 Å². The minimum atomic E-state index is -0.171. The van der Waals surface area contributed by atoms with Crippen molar-refractivity contribution in [1.29, 1.82) is 0 Å². The first-order valence-electron chi connectivity index (χ1n) is 9.34. The zero-order valence-corrected chi connectivity index (χ0v) is 14.0. The highest BCUT2D eigenvalue weighted by Crippen LogP contribution is 2.42. The molecular weight excluding hydrogens is 292 g/mol. The van der Waals surface area contributed by atoms with Crippen LogP contribution in [0, 0.1) is 17.3 Å². The number of hydrogen-bond acceptors (Lipinski definition) is 3. The van der Waals surface area contributed by atoms with Gasteiger partial charge in [0.2, 0.25) is 11.8 Å². The van der Waals surface area contributed by atoms with Crippen LogP contribution < -0.4 is 0 Å². The summed E-state index contributed by atoms with van der Waals surface area (Å²) in [6, 6.07) is 0. The molecule has 0 unspecified atom stereocenters. The van der Waals surface area contributed by atoms with Gasteiger partial charge in [0.1, 0.15) is 0 Å². The summed E-state index contributed by atoms with van der Waals surface area (Å²) >= 11 is 0. The van der Waals surface area contributed by atoms with Crippen molar-refractivity contribution >= 4 is 11.8 Å². The van der Waals surface area contributed by atoms with Crippen molar-refractivity contribution in [3.8, 4) is 0 Å². The smallest absolute Gasteiger partial charge is 0.228 e. The highest BCUT2D eigenvalue weighted by molar-refractivity contribution is 5.84. The third kappa shape index (κ3) is 3.00. The van der Waals surface area contributed by atoms with Crippen LogP contribution in [0.4, 0.5) is 0 Å². The molecule has 128 valence electrons. The fourth-order valence-electron chi connectivity index (χ4n) is 4.54. The van der Waals surface area contributed by atoms with Gasteiger partial charge in [-0.2, -0.15) is 0 Å². The molecule has 1 spiro atoms. The molecule has 3 aliphatic heterocycles. The van der Waals surface area contributed by atoms with Gasteiger partial charge in [-0.25, -0.2) is 0 Å². The van der Waals surface area contributed by atoms with Crippen LogP contribution in [0.25, 0.3) is 0 Å². The number of rotatable bonds is 3. The van der Waals surface area contributed by atoms with E-state index in [1.807, 2.05) is 4.90 Å². The number of piperidine rings is 2. The molecule has 1 atom stereocenters. The Hall–Kier alpha value is -1.10. The molecule has 0 bridgehead atoms. The topological polar surface area (TPSA) is 49.9 Å². The van der Waals surface area contributed by atoms with Gasteiger partial charge in [-0.3, -0.25) is 9.59 Å². The molecule has 23 heavy (non-hydrogen) atoms. The van der Waals surface area contributed by atoms with E-state index in [0.717, 1.165) is 64.2 Å². The number of hydrogen-bond donors (Lipinski definition) is 0. The fraction of sp³-hybridized carbons (Fsp3) is 0.889. The fourth-order valence-corrected chi connectivity index (χ4v) is 4.54. The Bertz CT molecular complexity index is 475. The van der Waals surface area contributed by atoms with Gasteiger partial charge in [-0.05, 0) is 50.9 Å². The molecule has 0 N–H and O–H groups in total. The van der Waals surface area contributed by atoms with Gasteiger partial charge in [0.25, 0.3) is 0 Å². The van der Waals surface area contributed by atoms with E-state index in [4.69, 9.17) is 4.74 Å². The Morgan fingerprint density at radius 2 is 1.91 bits per heavy atom. The molecule has 0 aromatic carbocycles. The van der Waals surface area contributed by atoms with E-state index in [0.29, 0.717) is 19.1 Å². The summed E-state index contributed by atoms with van der Waals surface area (Å²) < 4.78 is 5.34. The van der Waals surface area contributed by atoms with Crippen LogP contribution in [-0.4, -0.2) is 61.0 Å². The number of amides is 2. The van der Waals surface area contributed by atoms with Crippen molar-refractivity contribution in [1.82, 2.24) is 9.80 Å². The minimum absolute atomic E-state index is 0.0532. The van der Waals surface area contributed by atoms with E-state index in [2.05, 4.69) is 4.90 Å². The molecular formula is C18H28N2O3. The normalized spacial score (nSPS) is 31.0. The van der Waals surface area contributed by atoms with Gasteiger partial charge in [-0.15, -0.1) is 0 Å². The Labute approximate surface area is 138 Å². The predicted octanol–water partition coefficient (Wildman–Crippen LogP) is 1.66. The van der Waals surface area contributed by atoms with Crippen LogP contribution in [0.2, 0.25) is 0 Å². The number of carbonyl (C=O) groups is 2. The molecule has 4 rings (SSSR count). The monoisotopic (exact) mass is 320 g/mol. The molecule has 1 saturated carbocycles. The Morgan fingerprint density at radius 3 is 2.57 bits per heavy atom. The first kappa shape index (κ1) is 15.4. The summed E-state index contributed by atoms with van der Waals surface area (Å²) in [5.41, 5.74) is -0.171. The van der Waals surface area contributed by atoms with Crippen molar-refractivity contribution in [2.75, 3.05) is 39.4 Å². The third-order valence-corrected chi connectivity index (χ3v) is 6.31. The quantitative estimate of drug-likeness (QED) is 0.795. The standard InChI is InChI=1S/C18H28N2O3/c21-16(15-4-11-23-13-15)19-9-6-18(7-10-19)5-1-8-20(17(18)22)12-14-2-3-14/h14-15H,1-13H2/t15-/m1/s1. The second-order valence-corrected chi connectivity index (χ2v) is 7.96. The zero-order chi connectivity index (χ0) is 15.9. The average molecular weight is 320 g/mol. The molecule has 5 nitrogen and oxygen atoms in total. The average Bonchev–Trinajstić information content (AvgIpc) is 3.22. The number of carbonyl (C=O) groups excluding carboxylic acids is 2. The van der Waals surface area contributed by atoms with Crippen LogP contribution >= 0.6 is 0 Å².